The Balaban J connectivity index is 1.62. The average Bonchev–Trinajstić information content (AvgIpc) is 3.34. The van der Waals surface area contributed by atoms with Crippen molar-refractivity contribution in [3.05, 3.63) is 72.8 Å². The van der Waals surface area contributed by atoms with Gasteiger partial charge in [0.15, 0.2) is 0 Å². The van der Waals surface area contributed by atoms with E-state index in [-0.39, 0.29) is 18.3 Å². The van der Waals surface area contributed by atoms with E-state index in [4.69, 9.17) is 9.31 Å². The summed E-state index contributed by atoms with van der Waals surface area (Å²) in [6, 6.07) is 25.9. The molecule has 5 heteroatoms. The molecule has 31 heavy (non-hydrogen) atoms. The Labute approximate surface area is 186 Å². The van der Waals surface area contributed by atoms with E-state index in [9.17, 15) is 0 Å². The summed E-state index contributed by atoms with van der Waals surface area (Å²) in [5.74, 6) is 0. The van der Waals surface area contributed by atoms with E-state index >= 15 is 0 Å². The van der Waals surface area contributed by atoms with Crippen molar-refractivity contribution in [3.63, 3.8) is 0 Å². The average molecular weight is 425 g/mol. The van der Waals surface area contributed by atoms with Crippen LogP contribution in [0.25, 0.3) is 36.9 Å². The number of hydrogen-bond donors (Lipinski definition) is 0. The van der Waals surface area contributed by atoms with Crippen LogP contribution in [0.5, 0.6) is 0 Å². The molecule has 3 nitrogen and oxygen atoms in total. The molecule has 154 valence electrons. The van der Waals surface area contributed by atoms with Crippen molar-refractivity contribution < 1.29 is 9.31 Å². The summed E-state index contributed by atoms with van der Waals surface area (Å²) in [6.45, 7) is 8.40. The molecule has 3 aromatic carbocycles. The molecular weight excluding hydrogens is 401 g/mol. The van der Waals surface area contributed by atoms with Gasteiger partial charge in [-0.25, -0.2) is 0 Å². The van der Waals surface area contributed by atoms with Gasteiger partial charge in [0.05, 0.1) is 26.9 Å². The van der Waals surface area contributed by atoms with E-state index in [0.29, 0.717) is 0 Å². The summed E-state index contributed by atoms with van der Waals surface area (Å²) in [5.41, 5.74) is 4.03. The molecule has 1 aliphatic rings. The van der Waals surface area contributed by atoms with Crippen molar-refractivity contribution in [3.8, 4) is 5.69 Å². The van der Waals surface area contributed by atoms with Crippen LogP contribution in [0, 0.1) is 0 Å². The van der Waals surface area contributed by atoms with Crippen LogP contribution in [0.3, 0.4) is 0 Å². The van der Waals surface area contributed by atoms with E-state index < -0.39 is 0 Å². The molecule has 1 fully saturated rings. The molecule has 1 aliphatic heterocycles. The maximum atomic E-state index is 6.34. The van der Waals surface area contributed by atoms with Crippen molar-refractivity contribution in [2.45, 2.75) is 38.9 Å². The van der Waals surface area contributed by atoms with Crippen LogP contribution in [0.2, 0.25) is 0 Å². The molecule has 0 amide bonds. The molecule has 3 heterocycles. The van der Waals surface area contributed by atoms with Gasteiger partial charge in [-0.3, -0.25) is 0 Å². The van der Waals surface area contributed by atoms with E-state index in [2.05, 4.69) is 105 Å². The lowest BCUT2D eigenvalue weighted by atomic mass is 9.79. The smallest absolute Gasteiger partial charge is 0.399 e. The zero-order valence-electron chi connectivity index (χ0n) is 18.2. The Morgan fingerprint density at radius 3 is 2.19 bits per heavy atom. The lowest BCUT2D eigenvalue weighted by Gasteiger charge is -2.32. The fourth-order valence-electron chi connectivity index (χ4n) is 4.46. The van der Waals surface area contributed by atoms with Gasteiger partial charge in [-0.15, -0.1) is 11.3 Å². The number of benzene rings is 3. The second-order valence-electron chi connectivity index (χ2n) is 9.31. The lowest BCUT2D eigenvalue weighted by Crippen LogP contribution is -2.41. The Morgan fingerprint density at radius 2 is 1.45 bits per heavy atom. The Morgan fingerprint density at radius 1 is 0.774 bits per heavy atom. The Bertz CT molecular complexity index is 1430. The number of para-hydroxylation sites is 2. The van der Waals surface area contributed by atoms with E-state index in [1.807, 2.05) is 11.3 Å². The van der Waals surface area contributed by atoms with Gasteiger partial charge in [0, 0.05) is 21.2 Å². The van der Waals surface area contributed by atoms with Gasteiger partial charge in [0.1, 0.15) is 0 Å². The molecule has 0 aliphatic carbocycles. The van der Waals surface area contributed by atoms with Crippen molar-refractivity contribution >= 4 is 55.1 Å². The SMILES string of the molecule is CC1(C)OB(c2ccc3sc4c5ccccc5n(-c5ccccc5)c4c3c2)OC1(C)C. The molecule has 0 unspecified atom stereocenters. The minimum Gasteiger partial charge on any atom is -0.399 e. The third-order valence-electron chi connectivity index (χ3n) is 6.84. The first-order chi connectivity index (χ1) is 14.9. The first kappa shape index (κ1) is 19.1. The predicted molar refractivity (Wildman–Crippen MR) is 132 cm³/mol. The standard InChI is InChI=1S/C26H24BNO2S/c1-25(2)26(3,4)30-27(29-25)17-14-15-22-20(16-17)23-24(31-22)19-12-8-9-13-21(19)28(23)18-10-6-5-7-11-18/h5-16H,1-4H3. The molecule has 0 atom stereocenters. The van der Waals surface area contributed by atoms with Gasteiger partial charge in [0.2, 0.25) is 0 Å². The highest BCUT2D eigenvalue weighted by Gasteiger charge is 2.51. The molecule has 1 saturated heterocycles. The summed E-state index contributed by atoms with van der Waals surface area (Å²) in [6.07, 6.45) is 0. The summed E-state index contributed by atoms with van der Waals surface area (Å²) >= 11 is 1.86. The summed E-state index contributed by atoms with van der Waals surface area (Å²) < 4.78 is 17.7. The first-order valence-corrected chi connectivity index (χ1v) is 11.5. The lowest BCUT2D eigenvalue weighted by molar-refractivity contribution is 0.00578. The number of aromatic nitrogens is 1. The third-order valence-corrected chi connectivity index (χ3v) is 8.03. The maximum Gasteiger partial charge on any atom is 0.494 e. The van der Waals surface area contributed by atoms with E-state index in [1.165, 1.54) is 36.9 Å². The number of rotatable bonds is 2. The summed E-state index contributed by atoms with van der Waals surface area (Å²) in [7, 11) is -0.362. The van der Waals surface area contributed by atoms with Crippen molar-refractivity contribution in [2.24, 2.45) is 0 Å². The second-order valence-corrected chi connectivity index (χ2v) is 10.4. The topological polar surface area (TPSA) is 23.4 Å². The van der Waals surface area contributed by atoms with Gasteiger partial charge in [-0.2, -0.15) is 0 Å². The first-order valence-electron chi connectivity index (χ1n) is 10.7. The molecule has 5 aromatic rings. The molecule has 0 bridgehead atoms. The maximum absolute atomic E-state index is 6.34. The van der Waals surface area contributed by atoms with Crippen LogP contribution in [0.1, 0.15) is 27.7 Å². The van der Waals surface area contributed by atoms with Crippen molar-refractivity contribution in [1.82, 2.24) is 4.57 Å². The summed E-state index contributed by atoms with van der Waals surface area (Å²) in [5, 5.41) is 2.53. The van der Waals surface area contributed by atoms with Crippen LogP contribution in [0.15, 0.2) is 72.8 Å². The van der Waals surface area contributed by atoms with Crippen LogP contribution in [-0.4, -0.2) is 22.9 Å². The molecule has 0 saturated carbocycles. The van der Waals surface area contributed by atoms with Crippen molar-refractivity contribution in [1.29, 1.82) is 0 Å². The number of thiophene rings is 1. The normalized spacial score (nSPS) is 17.9. The van der Waals surface area contributed by atoms with Gasteiger partial charge < -0.3 is 13.9 Å². The number of hydrogen-bond acceptors (Lipinski definition) is 3. The van der Waals surface area contributed by atoms with Gasteiger partial charge in [-0.1, -0.05) is 48.5 Å². The van der Waals surface area contributed by atoms with Crippen LogP contribution in [-0.2, 0) is 9.31 Å². The van der Waals surface area contributed by atoms with E-state index in [0.717, 1.165) is 5.46 Å². The molecule has 2 aromatic heterocycles. The highest BCUT2D eigenvalue weighted by Crippen LogP contribution is 2.42. The zero-order chi connectivity index (χ0) is 21.4. The minimum absolute atomic E-state index is 0.352. The fraction of sp³-hybridized carbons (Fsp3) is 0.231. The van der Waals surface area contributed by atoms with Crippen LogP contribution < -0.4 is 5.46 Å². The predicted octanol–water partition coefficient (Wildman–Crippen LogP) is 6.30. The highest BCUT2D eigenvalue weighted by atomic mass is 32.1. The molecular formula is C26H24BNO2S. The fourth-order valence-corrected chi connectivity index (χ4v) is 5.66. The third kappa shape index (κ3) is 2.74. The van der Waals surface area contributed by atoms with Gasteiger partial charge in [-0.05, 0) is 57.4 Å². The molecule has 0 N–H and O–H groups in total. The quantitative estimate of drug-likeness (QED) is 0.310. The second kappa shape index (κ2) is 6.46. The van der Waals surface area contributed by atoms with Gasteiger partial charge >= 0.3 is 7.12 Å². The van der Waals surface area contributed by atoms with Crippen LogP contribution in [0.4, 0.5) is 0 Å². The number of nitrogens with zero attached hydrogens (tertiary/aromatic N) is 1. The van der Waals surface area contributed by atoms with Crippen molar-refractivity contribution in [2.75, 3.05) is 0 Å². The van der Waals surface area contributed by atoms with Crippen LogP contribution >= 0.6 is 11.3 Å². The Kier molecular flexibility index (Phi) is 3.98. The Hall–Kier alpha value is -2.60. The zero-order valence-corrected chi connectivity index (χ0v) is 19.0. The molecule has 0 radical (unpaired) electrons. The van der Waals surface area contributed by atoms with Gasteiger partial charge in [0.25, 0.3) is 0 Å². The van der Waals surface area contributed by atoms with E-state index in [1.54, 1.807) is 0 Å². The minimum atomic E-state index is -0.362. The molecule has 6 rings (SSSR count). The number of fused-ring (bicyclic) bond motifs is 5. The molecule has 0 spiro atoms. The highest BCUT2D eigenvalue weighted by molar-refractivity contribution is 7.26. The summed E-state index contributed by atoms with van der Waals surface area (Å²) in [4.78, 5) is 0. The largest absolute Gasteiger partial charge is 0.494 e. The monoisotopic (exact) mass is 425 g/mol.